The largest absolute Gasteiger partial charge is 0.534 e. The summed E-state index contributed by atoms with van der Waals surface area (Å²) in [6.45, 7) is 1.06. The van der Waals surface area contributed by atoms with Crippen LogP contribution in [0.4, 0.5) is 13.2 Å². The smallest absolute Gasteiger partial charge is 0.377 e. The Balaban J connectivity index is 1.76. The number of fused-ring (bicyclic) bond motifs is 1. The Morgan fingerprint density at radius 2 is 2.04 bits per heavy atom. The molecule has 1 saturated heterocycles. The van der Waals surface area contributed by atoms with E-state index in [1.54, 1.807) is 16.9 Å². The van der Waals surface area contributed by atoms with Crippen molar-refractivity contribution in [3.05, 3.63) is 30.0 Å². The molecule has 3 heterocycles. The van der Waals surface area contributed by atoms with Crippen LogP contribution >= 0.6 is 11.3 Å². The summed E-state index contributed by atoms with van der Waals surface area (Å²) >= 11 is 0.987. The van der Waals surface area contributed by atoms with E-state index < -0.39 is 21.4 Å². The van der Waals surface area contributed by atoms with Gasteiger partial charge in [-0.2, -0.15) is 26.7 Å². The standard InChI is InChI=1S/C14H10F3N3O4S2/c15-14(16,17)26(21,22)24-12-2-8(1-11-13(12)25-7-18-11)9-3-19-20(4-9)10-5-23-6-10/h1-4,7,10H,5-6H2. The normalized spacial score (nSPS) is 16.0. The van der Waals surface area contributed by atoms with Crippen molar-refractivity contribution in [2.24, 2.45) is 0 Å². The van der Waals surface area contributed by atoms with E-state index in [1.807, 2.05) is 0 Å². The van der Waals surface area contributed by atoms with Crippen molar-refractivity contribution in [3.8, 4) is 16.9 Å². The van der Waals surface area contributed by atoms with E-state index in [0.717, 1.165) is 11.3 Å². The quantitative estimate of drug-likeness (QED) is 0.490. The lowest BCUT2D eigenvalue weighted by Gasteiger charge is -2.25. The molecule has 26 heavy (non-hydrogen) atoms. The lowest BCUT2D eigenvalue weighted by molar-refractivity contribution is -0.0499. The lowest BCUT2D eigenvalue weighted by Crippen LogP contribution is -2.30. The van der Waals surface area contributed by atoms with E-state index in [0.29, 0.717) is 29.9 Å². The van der Waals surface area contributed by atoms with Gasteiger partial charge in [0.05, 0.1) is 41.2 Å². The molecule has 0 atom stereocenters. The van der Waals surface area contributed by atoms with Gasteiger partial charge in [0.15, 0.2) is 5.75 Å². The molecule has 7 nitrogen and oxygen atoms in total. The number of hydrogen-bond acceptors (Lipinski definition) is 7. The van der Waals surface area contributed by atoms with E-state index in [4.69, 9.17) is 4.74 Å². The Hall–Kier alpha value is -2.18. The lowest BCUT2D eigenvalue weighted by atomic mass is 10.1. The third kappa shape index (κ3) is 2.93. The van der Waals surface area contributed by atoms with Gasteiger partial charge in [-0.15, -0.1) is 11.3 Å². The van der Waals surface area contributed by atoms with Crippen molar-refractivity contribution in [2.45, 2.75) is 11.6 Å². The first-order valence-electron chi connectivity index (χ1n) is 7.25. The average molecular weight is 405 g/mol. The Labute approximate surface area is 149 Å². The second kappa shape index (κ2) is 5.93. The first-order valence-corrected chi connectivity index (χ1v) is 9.54. The van der Waals surface area contributed by atoms with Crippen molar-refractivity contribution in [1.82, 2.24) is 14.8 Å². The first kappa shape index (κ1) is 17.2. The fraction of sp³-hybridized carbons (Fsp3) is 0.286. The van der Waals surface area contributed by atoms with Crippen LogP contribution in [0.25, 0.3) is 21.3 Å². The van der Waals surface area contributed by atoms with Crippen LogP contribution < -0.4 is 4.18 Å². The van der Waals surface area contributed by atoms with Gasteiger partial charge >= 0.3 is 15.6 Å². The van der Waals surface area contributed by atoms with E-state index in [2.05, 4.69) is 14.3 Å². The topological polar surface area (TPSA) is 83.3 Å². The van der Waals surface area contributed by atoms with Crippen molar-refractivity contribution >= 4 is 31.7 Å². The molecule has 0 N–H and O–H groups in total. The first-order chi connectivity index (χ1) is 12.2. The molecule has 1 aromatic carbocycles. The van der Waals surface area contributed by atoms with Crippen LogP contribution in [0.2, 0.25) is 0 Å². The van der Waals surface area contributed by atoms with Gasteiger partial charge in [0.25, 0.3) is 0 Å². The maximum atomic E-state index is 12.7. The average Bonchev–Trinajstić information content (AvgIpc) is 3.12. The van der Waals surface area contributed by atoms with E-state index in [1.165, 1.54) is 17.8 Å². The Bertz CT molecular complexity index is 1070. The monoisotopic (exact) mass is 405 g/mol. The molecule has 2 aromatic heterocycles. The summed E-state index contributed by atoms with van der Waals surface area (Å²) in [5.74, 6) is -0.419. The Morgan fingerprint density at radius 3 is 2.69 bits per heavy atom. The number of halogens is 3. The van der Waals surface area contributed by atoms with Gasteiger partial charge < -0.3 is 8.92 Å². The molecule has 3 aromatic rings. The number of nitrogens with zero attached hydrogens (tertiary/aromatic N) is 3. The molecule has 0 bridgehead atoms. The molecular weight excluding hydrogens is 395 g/mol. The third-order valence-corrected chi connectivity index (χ3v) is 5.63. The predicted molar refractivity (Wildman–Crippen MR) is 86.3 cm³/mol. The molecule has 0 saturated carbocycles. The highest BCUT2D eigenvalue weighted by molar-refractivity contribution is 7.88. The van der Waals surface area contributed by atoms with Crippen LogP contribution in [0.1, 0.15) is 6.04 Å². The summed E-state index contributed by atoms with van der Waals surface area (Å²) in [6.07, 6.45) is 3.25. The summed E-state index contributed by atoms with van der Waals surface area (Å²) < 4.78 is 72.1. The Kier molecular flexibility index (Phi) is 3.93. The number of alkyl halides is 3. The molecule has 0 unspecified atom stereocenters. The highest BCUT2D eigenvalue weighted by Gasteiger charge is 2.48. The van der Waals surface area contributed by atoms with Gasteiger partial charge in [0.2, 0.25) is 0 Å². The van der Waals surface area contributed by atoms with Gasteiger partial charge in [0, 0.05) is 11.8 Å². The predicted octanol–water partition coefficient (Wildman–Crippen LogP) is 2.96. The second-order valence-corrected chi connectivity index (χ2v) is 7.95. The summed E-state index contributed by atoms with van der Waals surface area (Å²) in [5.41, 5.74) is -2.74. The highest BCUT2D eigenvalue weighted by atomic mass is 32.2. The van der Waals surface area contributed by atoms with Crippen molar-refractivity contribution in [1.29, 1.82) is 0 Å². The van der Waals surface area contributed by atoms with Crippen LogP contribution in [0.5, 0.6) is 5.75 Å². The fourth-order valence-electron chi connectivity index (χ4n) is 2.39. The van der Waals surface area contributed by atoms with Crippen LogP contribution in [-0.2, 0) is 14.9 Å². The minimum absolute atomic E-state index is 0.105. The number of thiazole rings is 1. The van der Waals surface area contributed by atoms with Crippen LogP contribution in [-0.4, -0.2) is 41.9 Å². The molecule has 1 fully saturated rings. The minimum Gasteiger partial charge on any atom is -0.377 e. The zero-order valence-corrected chi connectivity index (χ0v) is 14.4. The molecule has 12 heteroatoms. The number of ether oxygens (including phenoxy) is 1. The molecule has 0 amide bonds. The number of hydrogen-bond donors (Lipinski definition) is 0. The van der Waals surface area contributed by atoms with Gasteiger partial charge in [-0.1, -0.05) is 0 Å². The van der Waals surface area contributed by atoms with Gasteiger partial charge in [-0.3, -0.25) is 4.68 Å². The number of aromatic nitrogens is 3. The molecule has 1 aliphatic heterocycles. The van der Waals surface area contributed by atoms with E-state index in [9.17, 15) is 21.6 Å². The number of rotatable bonds is 4. The third-order valence-electron chi connectivity index (χ3n) is 3.81. The van der Waals surface area contributed by atoms with Crippen LogP contribution in [0, 0.1) is 0 Å². The van der Waals surface area contributed by atoms with Crippen molar-refractivity contribution in [3.63, 3.8) is 0 Å². The molecule has 0 spiro atoms. The van der Waals surface area contributed by atoms with Crippen LogP contribution in [0.15, 0.2) is 30.0 Å². The van der Waals surface area contributed by atoms with E-state index >= 15 is 0 Å². The summed E-state index contributed by atoms with van der Waals surface area (Å²) in [5, 5.41) is 4.21. The highest BCUT2D eigenvalue weighted by Crippen LogP contribution is 2.37. The Morgan fingerprint density at radius 1 is 1.27 bits per heavy atom. The summed E-state index contributed by atoms with van der Waals surface area (Å²) in [6, 6.07) is 2.98. The van der Waals surface area contributed by atoms with Gasteiger partial charge in [-0.25, -0.2) is 4.98 Å². The minimum atomic E-state index is -5.78. The van der Waals surface area contributed by atoms with E-state index in [-0.39, 0.29) is 10.7 Å². The number of benzene rings is 1. The maximum absolute atomic E-state index is 12.7. The molecular formula is C14H10F3N3O4S2. The SMILES string of the molecule is O=S(=O)(Oc1cc(-c2cnn(C3COC3)c2)cc2ncsc12)C(F)(F)F. The molecule has 0 aliphatic carbocycles. The van der Waals surface area contributed by atoms with Crippen LogP contribution in [0.3, 0.4) is 0 Å². The summed E-state index contributed by atoms with van der Waals surface area (Å²) in [7, 11) is -5.78. The van der Waals surface area contributed by atoms with Gasteiger partial charge in [0.1, 0.15) is 0 Å². The zero-order valence-electron chi connectivity index (χ0n) is 12.8. The second-order valence-electron chi connectivity index (χ2n) is 5.56. The fourth-order valence-corrected chi connectivity index (χ4v) is 3.63. The summed E-state index contributed by atoms with van der Waals surface area (Å²) in [4.78, 5) is 4.04. The maximum Gasteiger partial charge on any atom is 0.534 e. The van der Waals surface area contributed by atoms with Crippen molar-refractivity contribution in [2.75, 3.05) is 13.2 Å². The molecule has 0 radical (unpaired) electrons. The molecule has 138 valence electrons. The zero-order chi connectivity index (χ0) is 18.5. The molecule has 4 rings (SSSR count). The van der Waals surface area contributed by atoms with Gasteiger partial charge in [-0.05, 0) is 17.7 Å². The molecule has 1 aliphatic rings. The van der Waals surface area contributed by atoms with Crippen molar-refractivity contribution < 1.29 is 30.5 Å².